The lowest BCUT2D eigenvalue weighted by Gasteiger charge is -2.13. The van der Waals surface area contributed by atoms with Crippen LogP contribution in [0.2, 0.25) is 0 Å². The van der Waals surface area contributed by atoms with Gasteiger partial charge in [0.25, 0.3) is 5.91 Å². The van der Waals surface area contributed by atoms with Gasteiger partial charge in [-0.2, -0.15) is 5.10 Å². The minimum absolute atomic E-state index is 0.0954. The van der Waals surface area contributed by atoms with E-state index in [9.17, 15) is 14.4 Å². The summed E-state index contributed by atoms with van der Waals surface area (Å²) in [5, 5.41) is 6.71. The number of rotatable bonds is 8. The van der Waals surface area contributed by atoms with Crippen LogP contribution in [0.4, 0.5) is 5.69 Å². The van der Waals surface area contributed by atoms with E-state index in [0.717, 1.165) is 0 Å². The summed E-state index contributed by atoms with van der Waals surface area (Å²) < 4.78 is 4.99. The molecule has 1 atom stereocenters. The molecule has 7 nitrogen and oxygen atoms in total. The van der Waals surface area contributed by atoms with E-state index in [1.54, 1.807) is 45.0 Å². The molecule has 0 aliphatic rings. The molecule has 0 aliphatic carbocycles. The number of hydrogen-bond acceptors (Lipinski definition) is 5. The molecule has 0 aromatic heterocycles. The Balaban J connectivity index is 2.71. The molecule has 0 bridgehead atoms. The molecule has 0 aliphatic heterocycles. The minimum Gasteiger partial charge on any atom is -0.465 e. The number of nitrogens with one attached hydrogen (secondary N) is 2. The fourth-order valence-electron chi connectivity index (χ4n) is 2.11. The maximum atomic E-state index is 12.1. The van der Waals surface area contributed by atoms with Gasteiger partial charge in [-0.3, -0.25) is 14.4 Å². The van der Waals surface area contributed by atoms with Crippen LogP contribution >= 0.6 is 0 Å². The number of nitrogens with zero attached hydrogens (tertiary/aromatic N) is 1. The molecule has 0 fully saturated rings. The van der Waals surface area contributed by atoms with E-state index >= 15 is 0 Å². The SMILES string of the molecule is CCOC(=O)[C@@H](CC)/C(C)=N\NC(=O)c1ccc(NC(=O)CC)cc1. The maximum Gasteiger partial charge on any atom is 0.314 e. The number of ether oxygens (including phenoxy) is 1. The van der Waals surface area contributed by atoms with Gasteiger partial charge < -0.3 is 10.1 Å². The number of hydrazone groups is 1. The summed E-state index contributed by atoms with van der Waals surface area (Å²) >= 11 is 0. The predicted octanol–water partition coefficient (Wildman–Crippen LogP) is 2.73. The second-order valence-corrected chi connectivity index (χ2v) is 5.39. The van der Waals surface area contributed by atoms with Gasteiger partial charge >= 0.3 is 5.97 Å². The van der Waals surface area contributed by atoms with Crippen molar-refractivity contribution in [3.8, 4) is 0 Å². The van der Waals surface area contributed by atoms with Crippen molar-refractivity contribution in [2.45, 2.75) is 40.5 Å². The molecule has 25 heavy (non-hydrogen) atoms. The van der Waals surface area contributed by atoms with Crippen molar-refractivity contribution in [2.75, 3.05) is 11.9 Å². The van der Waals surface area contributed by atoms with Crippen LogP contribution in [0, 0.1) is 5.92 Å². The van der Waals surface area contributed by atoms with Crippen LogP contribution in [0.5, 0.6) is 0 Å². The lowest BCUT2D eigenvalue weighted by Crippen LogP contribution is -2.27. The molecular formula is C18H25N3O4. The van der Waals surface area contributed by atoms with E-state index in [1.807, 2.05) is 6.92 Å². The molecule has 0 saturated carbocycles. The summed E-state index contributed by atoms with van der Waals surface area (Å²) in [5.41, 5.74) is 3.94. The van der Waals surface area contributed by atoms with Crippen LogP contribution in [0.1, 0.15) is 50.9 Å². The summed E-state index contributed by atoms with van der Waals surface area (Å²) in [4.78, 5) is 35.3. The third-order valence-corrected chi connectivity index (χ3v) is 3.57. The topological polar surface area (TPSA) is 96.9 Å². The number of benzene rings is 1. The quantitative estimate of drug-likeness (QED) is 0.429. The Bertz CT molecular complexity index is 638. The van der Waals surface area contributed by atoms with Gasteiger partial charge in [0, 0.05) is 23.4 Å². The average Bonchev–Trinajstić information content (AvgIpc) is 2.61. The number of carbonyl (C=O) groups is 3. The number of esters is 1. The number of carbonyl (C=O) groups excluding carboxylic acids is 3. The van der Waals surface area contributed by atoms with Crippen LogP contribution in [0.15, 0.2) is 29.4 Å². The van der Waals surface area contributed by atoms with Gasteiger partial charge in [0.05, 0.1) is 12.5 Å². The van der Waals surface area contributed by atoms with Gasteiger partial charge in [0.2, 0.25) is 5.91 Å². The van der Waals surface area contributed by atoms with Gasteiger partial charge in [0.1, 0.15) is 0 Å². The lowest BCUT2D eigenvalue weighted by molar-refractivity contribution is -0.145. The second-order valence-electron chi connectivity index (χ2n) is 5.39. The molecule has 1 aromatic carbocycles. The van der Waals surface area contributed by atoms with Crippen molar-refractivity contribution in [3.63, 3.8) is 0 Å². The molecule has 7 heteroatoms. The van der Waals surface area contributed by atoms with Crippen molar-refractivity contribution < 1.29 is 19.1 Å². The highest BCUT2D eigenvalue weighted by Gasteiger charge is 2.21. The first-order valence-electron chi connectivity index (χ1n) is 8.33. The third kappa shape index (κ3) is 6.37. The summed E-state index contributed by atoms with van der Waals surface area (Å²) in [6.07, 6.45) is 0.922. The molecule has 0 heterocycles. The van der Waals surface area contributed by atoms with E-state index < -0.39 is 11.8 Å². The van der Waals surface area contributed by atoms with E-state index in [-0.39, 0.29) is 11.9 Å². The Hall–Kier alpha value is -2.70. The van der Waals surface area contributed by atoms with E-state index in [0.29, 0.717) is 36.4 Å². The monoisotopic (exact) mass is 347 g/mol. The zero-order valence-electron chi connectivity index (χ0n) is 15.1. The van der Waals surface area contributed by atoms with E-state index in [2.05, 4.69) is 15.8 Å². The Morgan fingerprint density at radius 2 is 1.76 bits per heavy atom. The van der Waals surface area contributed by atoms with Crippen molar-refractivity contribution in [2.24, 2.45) is 11.0 Å². The molecule has 2 amide bonds. The lowest BCUT2D eigenvalue weighted by atomic mass is 10.0. The zero-order valence-corrected chi connectivity index (χ0v) is 15.1. The first kappa shape index (κ1) is 20.3. The standard InChI is InChI=1S/C18H25N3O4/c1-5-15(18(24)25-7-3)12(4)20-21-17(23)13-8-10-14(11-9-13)19-16(22)6-2/h8-11,15H,5-7H2,1-4H3,(H,19,22)(H,21,23)/b20-12-/t15-/m0/s1. The fraction of sp³-hybridized carbons (Fsp3) is 0.444. The number of hydrogen-bond donors (Lipinski definition) is 2. The highest BCUT2D eigenvalue weighted by atomic mass is 16.5. The number of anilines is 1. The Labute approximate surface area is 147 Å². The smallest absolute Gasteiger partial charge is 0.314 e. The summed E-state index contributed by atoms with van der Waals surface area (Å²) in [6, 6.07) is 6.47. The predicted molar refractivity (Wildman–Crippen MR) is 96.4 cm³/mol. The van der Waals surface area contributed by atoms with Crippen molar-refractivity contribution in [3.05, 3.63) is 29.8 Å². The molecule has 0 spiro atoms. The molecule has 1 aromatic rings. The van der Waals surface area contributed by atoms with E-state index in [1.165, 1.54) is 0 Å². The number of amides is 2. The van der Waals surface area contributed by atoms with Crippen LogP contribution in [0.25, 0.3) is 0 Å². The van der Waals surface area contributed by atoms with Gasteiger partial charge in [0.15, 0.2) is 0 Å². The molecule has 0 saturated heterocycles. The molecule has 1 rings (SSSR count). The maximum absolute atomic E-state index is 12.1. The van der Waals surface area contributed by atoms with Crippen LogP contribution < -0.4 is 10.7 Å². The second kappa shape index (κ2) is 10.2. The fourth-order valence-corrected chi connectivity index (χ4v) is 2.11. The minimum atomic E-state index is -0.480. The largest absolute Gasteiger partial charge is 0.465 e. The van der Waals surface area contributed by atoms with Crippen LogP contribution in [-0.4, -0.2) is 30.1 Å². The molecule has 2 N–H and O–H groups in total. The average molecular weight is 347 g/mol. The van der Waals surface area contributed by atoms with Gasteiger partial charge in [-0.1, -0.05) is 13.8 Å². The third-order valence-electron chi connectivity index (χ3n) is 3.57. The Morgan fingerprint density at radius 3 is 2.28 bits per heavy atom. The molecular weight excluding hydrogens is 322 g/mol. The zero-order chi connectivity index (χ0) is 18.8. The van der Waals surface area contributed by atoms with Gasteiger partial charge in [-0.25, -0.2) is 5.43 Å². The van der Waals surface area contributed by atoms with E-state index in [4.69, 9.17) is 4.74 Å². The highest BCUT2D eigenvalue weighted by Crippen LogP contribution is 2.11. The Kier molecular flexibility index (Phi) is 8.32. The molecule has 0 radical (unpaired) electrons. The Morgan fingerprint density at radius 1 is 1.12 bits per heavy atom. The van der Waals surface area contributed by atoms with Crippen LogP contribution in [-0.2, 0) is 14.3 Å². The van der Waals surface area contributed by atoms with Gasteiger partial charge in [-0.15, -0.1) is 0 Å². The first-order chi connectivity index (χ1) is 11.9. The summed E-state index contributed by atoms with van der Waals surface area (Å²) in [6.45, 7) is 7.33. The van der Waals surface area contributed by atoms with Crippen molar-refractivity contribution in [1.29, 1.82) is 0 Å². The summed E-state index contributed by atoms with van der Waals surface area (Å²) in [5.74, 6) is -1.32. The summed E-state index contributed by atoms with van der Waals surface area (Å²) in [7, 11) is 0. The molecule has 136 valence electrons. The molecule has 0 unspecified atom stereocenters. The first-order valence-corrected chi connectivity index (χ1v) is 8.33. The van der Waals surface area contributed by atoms with Gasteiger partial charge in [-0.05, 0) is 44.5 Å². The highest BCUT2D eigenvalue weighted by molar-refractivity contribution is 6.02. The van der Waals surface area contributed by atoms with Crippen LogP contribution in [0.3, 0.4) is 0 Å². The van der Waals surface area contributed by atoms with Crippen molar-refractivity contribution >= 4 is 29.2 Å². The normalized spacial score (nSPS) is 12.2. The van der Waals surface area contributed by atoms with Crippen molar-refractivity contribution in [1.82, 2.24) is 5.43 Å².